The van der Waals surface area contributed by atoms with Crippen LogP contribution in [0.1, 0.15) is 31.9 Å². The molecule has 0 atom stereocenters. The van der Waals surface area contributed by atoms with Crippen LogP contribution in [0.25, 0.3) is 6.08 Å². The van der Waals surface area contributed by atoms with Crippen molar-refractivity contribution in [1.29, 1.82) is 0 Å². The number of amides is 1. The molecule has 0 spiro atoms. The second-order valence-electron chi connectivity index (χ2n) is 5.28. The first-order chi connectivity index (χ1) is 8.30. The van der Waals surface area contributed by atoms with Crippen molar-refractivity contribution in [3.8, 4) is 0 Å². The van der Waals surface area contributed by atoms with Crippen LogP contribution in [-0.4, -0.2) is 11.7 Å². The summed E-state index contributed by atoms with van der Waals surface area (Å²) in [5, 5.41) is 0. The molecule has 2 N–H and O–H groups in total. The van der Waals surface area contributed by atoms with Crippen LogP contribution in [0.15, 0.2) is 30.3 Å². The lowest BCUT2D eigenvalue weighted by molar-refractivity contribution is -0.125. The van der Waals surface area contributed by atoms with Gasteiger partial charge in [-0.25, -0.2) is 0 Å². The summed E-state index contributed by atoms with van der Waals surface area (Å²) >= 11 is 0. The number of rotatable bonds is 4. The summed E-state index contributed by atoms with van der Waals surface area (Å²) in [6.45, 7) is 5.70. The lowest BCUT2D eigenvalue weighted by Crippen LogP contribution is -2.22. The zero-order chi connectivity index (χ0) is 13.8. The van der Waals surface area contributed by atoms with Crippen LogP contribution in [0.2, 0.25) is 0 Å². The van der Waals surface area contributed by atoms with Gasteiger partial charge in [-0.1, -0.05) is 45.0 Å². The Morgan fingerprint density at radius 2 is 1.83 bits per heavy atom. The number of carbonyl (C=O) groups excluding carboxylic acids is 2. The van der Waals surface area contributed by atoms with Gasteiger partial charge in [0.1, 0.15) is 5.78 Å². The van der Waals surface area contributed by atoms with E-state index in [-0.39, 0.29) is 11.2 Å². The molecular weight excluding hydrogens is 226 g/mol. The predicted octanol–water partition coefficient (Wildman–Crippen LogP) is 2.34. The summed E-state index contributed by atoms with van der Waals surface area (Å²) in [6, 6.07) is 7.51. The quantitative estimate of drug-likeness (QED) is 0.828. The molecule has 0 bridgehead atoms. The third-order valence-electron chi connectivity index (χ3n) is 2.67. The van der Waals surface area contributed by atoms with Gasteiger partial charge in [-0.15, -0.1) is 0 Å². The Morgan fingerprint density at radius 1 is 1.22 bits per heavy atom. The topological polar surface area (TPSA) is 60.2 Å². The Balaban J connectivity index is 2.96. The molecule has 3 nitrogen and oxygen atoms in total. The Bertz CT molecular complexity index is 482. The Hall–Kier alpha value is -1.90. The van der Waals surface area contributed by atoms with Gasteiger partial charge in [-0.05, 0) is 17.2 Å². The lowest BCUT2D eigenvalue weighted by atomic mass is 9.86. The minimum Gasteiger partial charge on any atom is -0.366 e. The van der Waals surface area contributed by atoms with Crippen molar-refractivity contribution in [1.82, 2.24) is 0 Å². The minimum absolute atomic E-state index is 0.169. The highest BCUT2D eigenvalue weighted by Gasteiger charge is 2.21. The van der Waals surface area contributed by atoms with Crippen molar-refractivity contribution in [2.75, 3.05) is 0 Å². The number of hydrogen-bond acceptors (Lipinski definition) is 2. The van der Waals surface area contributed by atoms with E-state index in [4.69, 9.17) is 5.73 Å². The highest BCUT2D eigenvalue weighted by molar-refractivity contribution is 5.91. The van der Waals surface area contributed by atoms with Gasteiger partial charge in [-0.3, -0.25) is 9.59 Å². The second-order valence-corrected chi connectivity index (χ2v) is 5.28. The van der Waals surface area contributed by atoms with Gasteiger partial charge >= 0.3 is 0 Å². The maximum absolute atomic E-state index is 12.0. The van der Waals surface area contributed by atoms with Crippen LogP contribution >= 0.6 is 0 Å². The van der Waals surface area contributed by atoms with E-state index in [1.165, 1.54) is 6.08 Å². The fourth-order valence-corrected chi connectivity index (χ4v) is 1.47. The molecule has 0 saturated heterocycles. The molecule has 1 aromatic carbocycles. The average molecular weight is 245 g/mol. The molecule has 0 saturated carbocycles. The monoisotopic (exact) mass is 245 g/mol. The largest absolute Gasteiger partial charge is 0.366 e. The van der Waals surface area contributed by atoms with Crippen molar-refractivity contribution >= 4 is 17.8 Å². The van der Waals surface area contributed by atoms with Crippen LogP contribution in [0.3, 0.4) is 0 Å². The molecule has 0 aliphatic rings. The minimum atomic E-state index is -0.494. The lowest BCUT2D eigenvalue weighted by Gasteiger charge is -2.17. The Kier molecular flexibility index (Phi) is 4.43. The summed E-state index contributed by atoms with van der Waals surface area (Å²) in [4.78, 5) is 22.7. The first-order valence-corrected chi connectivity index (χ1v) is 5.89. The Morgan fingerprint density at radius 3 is 2.39 bits per heavy atom. The molecule has 0 aliphatic heterocycles. The summed E-state index contributed by atoms with van der Waals surface area (Å²) in [5.41, 5.74) is 6.48. The number of nitrogens with two attached hydrogens (primary N) is 1. The third-order valence-corrected chi connectivity index (χ3v) is 2.67. The van der Waals surface area contributed by atoms with Crippen molar-refractivity contribution < 1.29 is 9.59 Å². The van der Waals surface area contributed by atoms with E-state index < -0.39 is 5.91 Å². The third kappa shape index (κ3) is 4.17. The van der Waals surface area contributed by atoms with E-state index in [1.807, 2.05) is 45.0 Å². The number of carbonyl (C=O) groups is 2. The van der Waals surface area contributed by atoms with Gasteiger partial charge in [0.2, 0.25) is 5.91 Å². The molecule has 3 heteroatoms. The van der Waals surface area contributed by atoms with Gasteiger partial charge in [0.15, 0.2) is 0 Å². The van der Waals surface area contributed by atoms with E-state index in [0.29, 0.717) is 6.42 Å². The van der Waals surface area contributed by atoms with Gasteiger partial charge in [0.25, 0.3) is 0 Å². The van der Waals surface area contributed by atoms with E-state index in [0.717, 1.165) is 11.1 Å². The number of benzene rings is 1. The zero-order valence-electron chi connectivity index (χ0n) is 11.1. The SMILES string of the molecule is CC(C)(C)C(=O)Cc1ccccc1/C=C/C(N)=O. The molecule has 18 heavy (non-hydrogen) atoms. The number of hydrogen-bond donors (Lipinski definition) is 1. The molecular formula is C15H19NO2. The van der Waals surface area contributed by atoms with E-state index >= 15 is 0 Å². The van der Waals surface area contributed by atoms with E-state index in [1.54, 1.807) is 6.08 Å². The predicted molar refractivity (Wildman–Crippen MR) is 72.8 cm³/mol. The molecule has 1 rings (SSSR count). The number of primary amides is 1. The highest BCUT2D eigenvalue weighted by atomic mass is 16.1. The molecule has 0 radical (unpaired) electrons. The standard InChI is InChI=1S/C15H19NO2/c1-15(2,3)13(17)10-12-7-5-4-6-11(12)8-9-14(16)18/h4-9H,10H2,1-3H3,(H2,16,18)/b9-8+. The molecule has 96 valence electrons. The van der Waals surface area contributed by atoms with Crippen molar-refractivity contribution in [3.05, 3.63) is 41.5 Å². The fourth-order valence-electron chi connectivity index (χ4n) is 1.47. The smallest absolute Gasteiger partial charge is 0.241 e. The molecule has 0 fully saturated rings. The Labute approximate surface area is 108 Å². The van der Waals surface area contributed by atoms with Crippen LogP contribution in [-0.2, 0) is 16.0 Å². The molecule has 0 unspecified atom stereocenters. The van der Waals surface area contributed by atoms with Gasteiger partial charge in [0.05, 0.1) is 0 Å². The van der Waals surface area contributed by atoms with Crippen LogP contribution in [0.5, 0.6) is 0 Å². The van der Waals surface area contributed by atoms with E-state index in [9.17, 15) is 9.59 Å². The van der Waals surface area contributed by atoms with Gasteiger partial charge in [0, 0.05) is 17.9 Å². The fraction of sp³-hybridized carbons (Fsp3) is 0.333. The molecule has 0 aliphatic carbocycles. The molecule has 1 amide bonds. The van der Waals surface area contributed by atoms with Crippen LogP contribution in [0.4, 0.5) is 0 Å². The first kappa shape index (κ1) is 14.2. The van der Waals surface area contributed by atoms with Crippen LogP contribution < -0.4 is 5.73 Å². The zero-order valence-corrected chi connectivity index (χ0v) is 11.1. The number of ketones is 1. The molecule has 0 aromatic heterocycles. The maximum Gasteiger partial charge on any atom is 0.241 e. The number of Topliss-reactive ketones (excluding diaryl/α,β-unsaturated/α-hetero) is 1. The van der Waals surface area contributed by atoms with Crippen LogP contribution in [0, 0.1) is 5.41 Å². The molecule has 1 aromatic rings. The normalized spacial score (nSPS) is 11.7. The first-order valence-electron chi connectivity index (χ1n) is 5.89. The van der Waals surface area contributed by atoms with E-state index in [2.05, 4.69) is 0 Å². The summed E-state index contributed by atoms with van der Waals surface area (Å²) in [6.07, 6.45) is 3.32. The van der Waals surface area contributed by atoms with Gasteiger partial charge < -0.3 is 5.73 Å². The maximum atomic E-state index is 12.0. The summed E-state index contributed by atoms with van der Waals surface area (Å²) in [7, 11) is 0. The summed E-state index contributed by atoms with van der Waals surface area (Å²) < 4.78 is 0. The average Bonchev–Trinajstić information content (AvgIpc) is 2.26. The summed E-state index contributed by atoms with van der Waals surface area (Å²) in [5.74, 6) is -0.325. The molecule has 0 heterocycles. The second kappa shape index (κ2) is 5.63. The highest BCUT2D eigenvalue weighted by Crippen LogP contribution is 2.20. The van der Waals surface area contributed by atoms with Crippen molar-refractivity contribution in [3.63, 3.8) is 0 Å². The van der Waals surface area contributed by atoms with Crippen molar-refractivity contribution in [2.24, 2.45) is 11.1 Å². The van der Waals surface area contributed by atoms with Gasteiger partial charge in [-0.2, -0.15) is 0 Å². The van der Waals surface area contributed by atoms with Crippen molar-refractivity contribution in [2.45, 2.75) is 27.2 Å².